The van der Waals surface area contributed by atoms with Crippen LogP contribution in [0.5, 0.6) is 5.75 Å². The molecule has 1 atom stereocenters. The van der Waals surface area contributed by atoms with E-state index in [4.69, 9.17) is 27.9 Å². The Bertz CT molecular complexity index is 1280. The molecule has 1 amide bonds. The standard InChI is InChI=1S/C25H21Cl2N3O4S/c1-2-15-6-8-18(9-7-15)28-25-29-24(31)22(35-25)13-17-11-20(26)23(21(27)12-17)34-14-16-4-3-5-19(10-16)30(32)33/h3-13,25,28H,2,14H2,1H3,(H,29,31)/b22-13-/t25-/m1/s1. The van der Waals surface area contributed by atoms with Crippen molar-refractivity contribution in [3.05, 3.63) is 102 Å². The molecule has 0 saturated carbocycles. The molecule has 0 unspecified atom stereocenters. The number of ether oxygens (including phenoxy) is 1. The first-order chi connectivity index (χ1) is 16.8. The third-order valence-electron chi connectivity index (χ3n) is 5.21. The first kappa shape index (κ1) is 24.9. The molecule has 7 nitrogen and oxygen atoms in total. The zero-order valence-electron chi connectivity index (χ0n) is 18.6. The van der Waals surface area contributed by atoms with E-state index in [0.717, 1.165) is 12.1 Å². The third-order valence-corrected chi connectivity index (χ3v) is 6.80. The number of carbonyl (C=O) groups excluding carboxylic acids is 1. The van der Waals surface area contributed by atoms with Crippen molar-refractivity contribution < 1.29 is 14.5 Å². The van der Waals surface area contributed by atoms with Crippen LogP contribution in [0.15, 0.2) is 65.6 Å². The number of hydrogen-bond donors (Lipinski definition) is 2. The molecule has 1 fully saturated rings. The summed E-state index contributed by atoms with van der Waals surface area (Å²) in [4.78, 5) is 23.5. The van der Waals surface area contributed by atoms with Crippen molar-refractivity contribution in [2.24, 2.45) is 0 Å². The van der Waals surface area contributed by atoms with Gasteiger partial charge < -0.3 is 15.4 Å². The molecule has 0 aromatic heterocycles. The summed E-state index contributed by atoms with van der Waals surface area (Å²) in [7, 11) is 0. The minimum absolute atomic E-state index is 0.0247. The monoisotopic (exact) mass is 529 g/mol. The Morgan fingerprint density at radius 3 is 2.49 bits per heavy atom. The van der Waals surface area contributed by atoms with Gasteiger partial charge in [0.05, 0.1) is 19.9 Å². The highest BCUT2D eigenvalue weighted by atomic mass is 35.5. The second-order valence-corrected chi connectivity index (χ2v) is 9.67. The average Bonchev–Trinajstić information content (AvgIpc) is 3.17. The molecule has 0 aliphatic carbocycles. The number of nitro benzene ring substituents is 1. The van der Waals surface area contributed by atoms with Crippen molar-refractivity contribution in [3.8, 4) is 5.75 Å². The van der Waals surface area contributed by atoms with Crippen LogP contribution in [0, 0.1) is 10.1 Å². The van der Waals surface area contributed by atoms with Gasteiger partial charge in [-0.3, -0.25) is 14.9 Å². The van der Waals surface area contributed by atoms with Crippen LogP contribution >= 0.6 is 35.0 Å². The number of aryl methyl sites for hydroxylation is 1. The highest BCUT2D eigenvalue weighted by molar-refractivity contribution is 8.05. The van der Waals surface area contributed by atoms with Crippen molar-refractivity contribution in [2.75, 3.05) is 5.32 Å². The van der Waals surface area contributed by atoms with E-state index in [1.807, 2.05) is 24.3 Å². The molecule has 0 bridgehead atoms. The molecule has 2 N–H and O–H groups in total. The lowest BCUT2D eigenvalue weighted by Crippen LogP contribution is -2.30. The molecular weight excluding hydrogens is 509 g/mol. The van der Waals surface area contributed by atoms with Crippen molar-refractivity contribution in [1.82, 2.24) is 5.32 Å². The Morgan fingerprint density at radius 2 is 1.83 bits per heavy atom. The van der Waals surface area contributed by atoms with Crippen LogP contribution in [-0.4, -0.2) is 16.3 Å². The molecule has 3 aromatic carbocycles. The van der Waals surface area contributed by atoms with E-state index < -0.39 is 4.92 Å². The van der Waals surface area contributed by atoms with Gasteiger partial charge in [-0.05, 0) is 53.5 Å². The Balaban J connectivity index is 1.43. The Labute approximate surface area is 216 Å². The quantitative estimate of drug-likeness (QED) is 0.193. The summed E-state index contributed by atoms with van der Waals surface area (Å²) in [6.07, 6.45) is 2.68. The lowest BCUT2D eigenvalue weighted by atomic mass is 10.1. The number of non-ortho nitro benzene ring substituents is 1. The summed E-state index contributed by atoms with van der Waals surface area (Å²) in [6, 6.07) is 17.5. The van der Waals surface area contributed by atoms with Gasteiger partial charge in [-0.2, -0.15) is 0 Å². The normalized spacial score (nSPS) is 16.3. The molecule has 1 saturated heterocycles. The highest BCUT2D eigenvalue weighted by Crippen LogP contribution is 2.37. The first-order valence-corrected chi connectivity index (χ1v) is 12.4. The number of hydrogen-bond acceptors (Lipinski definition) is 6. The predicted octanol–water partition coefficient (Wildman–Crippen LogP) is 6.64. The molecule has 35 heavy (non-hydrogen) atoms. The lowest BCUT2D eigenvalue weighted by Gasteiger charge is -2.13. The van der Waals surface area contributed by atoms with Crippen LogP contribution in [-0.2, 0) is 17.8 Å². The van der Waals surface area contributed by atoms with Crippen molar-refractivity contribution in [3.63, 3.8) is 0 Å². The summed E-state index contributed by atoms with van der Waals surface area (Å²) >= 11 is 14.2. The molecule has 0 radical (unpaired) electrons. The van der Waals surface area contributed by atoms with E-state index in [1.165, 1.54) is 29.5 Å². The number of thioether (sulfide) groups is 1. The lowest BCUT2D eigenvalue weighted by molar-refractivity contribution is -0.384. The summed E-state index contributed by atoms with van der Waals surface area (Å²) in [5.74, 6) is 0.0662. The minimum atomic E-state index is -0.467. The van der Waals surface area contributed by atoms with Crippen molar-refractivity contribution in [1.29, 1.82) is 0 Å². The second-order valence-electron chi connectivity index (χ2n) is 7.70. The van der Waals surface area contributed by atoms with Crippen LogP contribution in [0.25, 0.3) is 6.08 Å². The number of benzene rings is 3. The summed E-state index contributed by atoms with van der Waals surface area (Å²) in [5, 5.41) is 17.7. The van der Waals surface area contributed by atoms with E-state index in [0.29, 0.717) is 16.0 Å². The van der Waals surface area contributed by atoms with Crippen molar-refractivity contribution >= 4 is 58.3 Å². The largest absolute Gasteiger partial charge is 0.486 e. The molecule has 180 valence electrons. The highest BCUT2D eigenvalue weighted by Gasteiger charge is 2.27. The van der Waals surface area contributed by atoms with Gasteiger partial charge in [0.1, 0.15) is 6.61 Å². The first-order valence-electron chi connectivity index (χ1n) is 10.7. The zero-order chi connectivity index (χ0) is 24.9. The van der Waals surface area contributed by atoms with Crippen LogP contribution in [0.4, 0.5) is 11.4 Å². The topological polar surface area (TPSA) is 93.5 Å². The summed E-state index contributed by atoms with van der Waals surface area (Å²) in [6.45, 7) is 2.16. The van der Waals surface area contributed by atoms with Gasteiger partial charge in [0.25, 0.3) is 11.6 Å². The SMILES string of the molecule is CCc1ccc(N[C@@H]2NC(=O)/C(=C/c3cc(Cl)c(OCc4cccc([N+](=O)[O-])c4)c(Cl)c3)S2)cc1. The number of nitrogens with zero attached hydrogens (tertiary/aromatic N) is 1. The van der Waals surface area contributed by atoms with E-state index in [-0.39, 0.29) is 39.5 Å². The predicted molar refractivity (Wildman–Crippen MR) is 141 cm³/mol. The van der Waals surface area contributed by atoms with Gasteiger partial charge in [-0.15, -0.1) is 0 Å². The van der Waals surface area contributed by atoms with Crippen LogP contribution in [0.3, 0.4) is 0 Å². The molecule has 3 aromatic rings. The van der Waals surface area contributed by atoms with Gasteiger partial charge in [0, 0.05) is 17.8 Å². The van der Waals surface area contributed by atoms with Gasteiger partial charge in [0.2, 0.25) is 0 Å². The fourth-order valence-corrected chi connectivity index (χ4v) is 5.02. The molecule has 0 spiro atoms. The Morgan fingerprint density at radius 1 is 1.11 bits per heavy atom. The van der Waals surface area contributed by atoms with Gasteiger partial charge in [-0.1, -0.05) is 66.2 Å². The molecule has 1 aliphatic rings. The van der Waals surface area contributed by atoms with E-state index >= 15 is 0 Å². The minimum Gasteiger partial charge on any atom is -0.486 e. The maximum atomic E-state index is 12.5. The van der Waals surface area contributed by atoms with Gasteiger partial charge in [-0.25, -0.2) is 0 Å². The number of carbonyl (C=O) groups is 1. The summed E-state index contributed by atoms with van der Waals surface area (Å²) in [5.41, 5.74) is 3.09. The van der Waals surface area contributed by atoms with Gasteiger partial charge >= 0.3 is 0 Å². The number of halogens is 2. The van der Waals surface area contributed by atoms with Crippen LogP contribution in [0.2, 0.25) is 10.0 Å². The number of amides is 1. The molecular formula is C25H21Cl2N3O4S. The van der Waals surface area contributed by atoms with Crippen molar-refractivity contribution in [2.45, 2.75) is 25.4 Å². The van der Waals surface area contributed by atoms with E-state index in [2.05, 4.69) is 17.6 Å². The Hall–Kier alpha value is -3.20. The fraction of sp³-hybridized carbons (Fsp3) is 0.160. The molecule has 1 heterocycles. The maximum absolute atomic E-state index is 12.5. The number of anilines is 1. The van der Waals surface area contributed by atoms with Gasteiger partial charge in [0.15, 0.2) is 11.2 Å². The summed E-state index contributed by atoms with van der Waals surface area (Å²) < 4.78 is 5.73. The molecule has 4 rings (SSSR count). The fourth-order valence-electron chi connectivity index (χ4n) is 3.42. The van der Waals surface area contributed by atoms with E-state index in [1.54, 1.807) is 30.3 Å². The number of nitrogens with one attached hydrogen (secondary N) is 2. The Kier molecular flexibility index (Phi) is 7.85. The molecule has 10 heteroatoms. The maximum Gasteiger partial charge on any atom is 0.269 e. The average molecular weight is 530 g/mol. The van der Waals surface area contributed by atoms with Crippen LogP contribution < -0.4 is 15.4 Å². The van der Waals surface area contributed by atoms with E-state index in [9.17, 15) is 14.9 Å². The zero-order valence-corrected chi connectivity index (χ0v) is 20.9. The van der Waals surface area contributed by atoms with Crippen LogP contribution in [0.1, 0.15) is 23.6 Å². The third kappa shape index (κ3) is 6.28. The number of rotatable bonds is 8. The number of nitro groups is 1. The molecule has 1 aliphatic heterocycles. The smallest absolute Gasteiger partial charge is 0.269 e. The second kappa shape index (κ2) is 11.0.